The van der Waals surface area contributed by atoms with E-state index in [1.54, 1.807) is 24.3 Å². The Balaban J connectivity index is 1.31. The number of carbonyl (C=O) groups excluding carboxylic acids is 2. The molecule has 4 saturated carbocycles. The summed E-state index contributed by atoms with van der Waals surface area (Å²) in [4.78, 5) is 40.5. The van der Waals surface area contributed by atoms with Gasteiger partial charge in [0.05, 0.1) is 0 Å². The Kier molecular flexibility index (Phi) is 3.74. The molecule has 5 heteroatoms. The van der Waals surface area contributed by atoms with Crippen molar-refractivity contribution in [1.82, 2.24) is 4.98 Å². The van der Waals surface area contributed by atoms with Gasteiger partial charge in [-0.2, -0.15) is 0 Å². The van der Waals surface area contributed by atoms with Gasteiger partial charge in [0.1, 0.15) is 5.69 Å². The van der Waals surface area contributed by atoms with Gasteiger partial charge < -0.3 is 9.72 Å². The smallest absolute Gasteiger partial charge is 0.355 e. The van der Waals surface area contributed by atoms with Crippen LogP contribution in [0.5, 0.6) is 0 Å². The molecule has 6 rings (SSSR count). The Labute approximate surface area is 157 Å². The number of carbonyl (C=O) groups is 2. The van der Waals surface area contributed by atoms with E-state index in [1.165, 1.54) is 25.3 Å². The van der Waals surface area contributed by atoms with E-state index in [-0.39, 0.29) is 28.9 Å². The van der Waals surface area contributed by atoms with Crippen LogP contribution >= 0.6 is 0 Å². The second-order valence-electron chi connectivity index (χ2n) is 8.79. The molecule has 0 saturated heterocycles. The molecule has 2 aromatic rings. The van der Waals surface area contributed by atoms with Crippen LogP contribution in [0.3, 0.4) is 0 Å². The highest BCUT2D eigenvalue weighted by Gasteiger charge is 2.54. The number of esters is 1. The first kappa shape index (κ1) is 16.7. The standard InChI is InChI=1S/C22H23NO4/c24-19-8-18(23-17-4-2-1-3-16(17)19)21(26)27-12-20(25)22-9-13-5-14(10-22)7-15(6-13)11-22/h1-4,8,13-15H,5-7,9-12H2,(H,23,24). The Hall–Kier alpha value is -2.43. The number of H-pyrrole nitrogens is 1. The third-order valence-corrected chi connectivity index (χ3v) is 6.92. The number of para-hydroxylation sites is 1. The summed E-state index contributed by atoms with van der Waals surface area (Å²) in [5, 5.41) is 0.527. The van der Waals surface area contributed by atoms with Gasteiger partial charge in [-0.3, -0.25) is 9.59 Å². The topological polar surface area (TPSA) is 76.2 Å². The molecule has 4 bridgehead atoms. The van der Waals surface area contributed by atoms with Gasteiger partial charge in [-0.25, -0.2) is 4.79 Å². The Morgan fingerprint density at radius 1 is 1.04 bits per heavy atom. The zero-order valence-electron chi connectivity index (χ0n) is 15.2. The van der Waals surface area contributed by atoms with Gasteiger partial charge in [-0.05, 0) is 68.4 Å². The number of benzene rings is 1. The average molecular weight is 365 g/mol. The number of hydrogen-bond donors (Lipinski definition) is 1. The summed E-state index contributed by atoms with van der Waals surface area (Å²) in [5.74, 6) is 1.45. The molecular formula is C22H23NO4. The zero-order valence-corrected chi connectivity index (χ0v) is 15.2. The third kappa shape index (κ3) is 2.80. The monoisotopic (exact) mass is 365 g/mol. The molecule has 4 aliphatic rings. The molecule has 0 amide bonds. The van der Waals surface area contributed by atoms with Gasteiger partial charge in [-0.15, -0.1) is 0 Å². The van der Waals surface area contributed by atoms with Crippen molar-refractivity contribution in [2.45, 2.75) is 38.5 Å². The van der Waals surface area contributed by atoms with Crippen LogP contribution in [0.2, 0.25) is 0 Å². The molecule has 1 heterocycles. The quantitative estimate of drug-likeness (QED) is 0.842. The van der Waals surface area contributed by atoms with Crippen molar-refractivity contribution in [2.24, 2.45) is 23.2 Å². The first-order valence-corrected chi connectivity index (χ1v) is 9.85. The van der Waals surface area contributed by atoms with Crippen molar-refractivity contribution in [3.8, 4) is 0 Å². The SMILES string of the molecule is O=C(OCC(=O)C12CC3CC(CC(C3)C1)C2)c1cc(=O)c2ccccc2[nH]1. The highest BCUT2D eigenvalue weighted by molar-refractivity contribution is 5.93. The third-order valence-electron chi connectivity index (χ3n) is 6.92. The fraction of sp³-hybridized carbons (Fsp3) is 0.500. The van der Waals surface area contributed by atoms with Gasteiger partial charge in [0, 0.05) is 22.4 Å². The van der Waals surface area contributed by atoms with Gasteiger partial charge in [0.15, 0.2) is 17.8 Å². The molecule has 0 radical (unpaired) electrons. The van der Waals surface area contributed by atoms with Crippen LogP contribution in [0.4, 0.5) is 0 Å². The minimum Gasteiger partial charge on any atom is -0.453 e. The fourth-order valence-electron chi connectivity index (χ4n) is 6.12. The van der Waals surface area contributed by atoms with Gasteiger partial charge in [0.2, 0.25) is 0 Å². The lowest BCUT2D eigenvalue weighted by Gasteiger charge is -2.55. The van der Waals surface area contributed by atoms with E-state index in [4.69, 9.17) is 4.74 Å². The lowest BCUT2D eigenvalue weighted by atomic mass is 9.48. The maximum atomic E-state index is 13.0. The number of aromatic amines is 1. The van der Waals surface area contributed by atoms with Crippen LogP contribution in [-0.4, -0.2) is 23.3 Å². The van der Waals surface area contributed by atoms with Crippen molar-refractivity contribution in [2.75, 3.05) is 6.61 Å². The van der Waals surface area contributed by atoms with E-state index < -0.39 is 5.97 Å². The molecule has 4 aliphatic carbocycles. The molecule has 140 valence electrons. The normalized spacial score (nSPS) is 31.2. The predicted molar refractivity (Wildman–Crippen MR) is 100 cm³/mol. The Bertz CT molecular complexity index is 954. The number of hydrogen-bond acceptors (Lipinski definition) is 4. The van der Waals surface area contributed by atoms with Crippen molar-refractivity contribution >= 4 is 22.7 Å². The Morgan fingerprint density at radius 3 is 2.33 bits per heavy atom. The van der Waals surface area contributed by atoms with Gasteiger partial charge in [0.25, 0.3) is 0 Å². The maximum Gasteiger partial charge on any atom is 0.355 e. The zero-order chi connectivity index (χ0) is 18.6. The minimum absolute atomic E-state index is 0.0677. The van der Waals surface area contributed by atoms with E-state index in [2.05, 4.69) is 4.98 Å². The summed E-state index contributed by atoms with van der Waals surface area (Å²) in [6, 6.07) is 8.28. The minimum atomic E-state index is -0.643. The van der Waals surface area contributed by atoms with E-state index in [0.29, 0.717) is 28.7 Å². The number of rotatable bonds is 4. The number of ketones is 1. The predicted octanol–water partition coefficient (Wildman–Crippen LogP) is 3.47. The highest BCUT2D eigenvalue weighted by Crippen LogP contribution is 2.60. The summed E-state index contributed by atoms with van der Waals surface area (Å²) in [7, 11) is 0. The number of pyridine rings is 1. The molecule has 1 N–H and O–H groups in total. The summed E-state index contributed by atoms with van der Waals surface area (Å²) in [6.45, 7) is -0.195. The second kappa shape index (κ2) is 6.04. The van der Waals surface area contributed by atoms with E-state index >= 15 is 0 Å². The molecule has 5 nitrogen and oxygen atoms in total. The fourth-order valence-corrected chi connectivity index (χ4v) is 6.12. The van der Waals surface area contributed by atoms with Crippen LogP contribution in [0.25, 0.3) is 10.9 Å². The van der Waals surface area contributed by atoms with Crippen LogP contribution in [0.1, 0.15) is 49.0 Å². The summed E-state index contributed by atoms with van der Waals surface area (Å²) < 4.78 is 5.32. The summed E-state index contributed by atoms with van der Waals surface area (Å²) in [6.07, 6.45) is 6.69. The molecule has 1 aromatic carbocycles. The molecule has 1 aromatic heterocycles. The lowest BCUT2D eigenvalue weighted by Crippen LogP contribution is -2.51. The Morgan fingerprint density at radius 2 is 1.67 bits per heavy atom. The second-order valence-corrected chi connectivity index (χ2v) is 8.79. The first-order valence-electron chi connectivity index (χ1n) is 9.85. The van der Waals surface area contributed by atoms with Crippen LogP contribution in [0.15, 0.2) is 35.1 Å². The molecule has 0 aliphatic heterocycles. The van der Waals surface area contributed by atoms with Crippen molar-refractivity contribution in [3.05, 3.63) is 46.2 Å². The molecule has 0 unspecified atom stereocenters. The van der Waals surface area contributed by atoms with Gasteiger partial charge >= 0.3 is 5.97 Å². The van der Waals surface area contributed by atoms with Crippen LogP contribution in [0, 0.1) is 23.2 Å². The average Bonchev–Trinajstić information content (AvgIpc) is 2.64. The molecule has 0 spiro atoms. The van der Waals surface area contributed by atoms with Crippen LogP contribution < -0.4 is 5.43 Å². The molecular weight excluding hydrogens is 342 g/mol. The van der Waals surface area contributed by atoms with Gasteiger partial charge in [-0.1, -0.05) is 12.1 Å². The van der Waals surface area contributed by atoms with Crippen LogP contribution in [-0.2, 0) is 9.53 Å². The van der Waals surface area contributed by atoms with Crippen molar-refractivity contribution < 1.29 is 14.3 Å². The van der Waals surface area contributed by atoms with Crippen molar-refractivity contribution in [3.63, 3.8) is 0 Å². The van der Waals surface area contributed by atoms with Crippen molar-refractivity contribution in [1.29, 1.82) is 0 Å². The molecule has 0 atom stereocenters. The maximum absolute atomic E-state index is 13.0. The summed E-state index contributed by atoms with van der Waals surface area (Å²) in [5.41, 5.74) is 0.177. The van der Waals surface area contributed by atoms with E-state index in [1.807, 2.05) is 0 Å². The number of Topliss-reactive ketones (excluding diaryl/α,β-unsaturated/α-hetero) is 1. The number of nitrogens with one attached hydrogen (secondary N) is 1. The number of aromatic nitrogens is 1. The summed E-state index contributed by atoms with van der Waals surface area (Å²) >= 11 is 0. The highest BCUT2D eigenvalue weighted by atomic mass is 16.5. The van der Waals surface area contributed by atoms with E-state index in [9.17, 15) is 14.4 Å². The number of fused-ring (bicyclic) bond motifs is 1. The molecule has 27 heavy (non-hydrogen) atoms. The van der Waals surface area contributed by atoms with E-state index in [0.717, 1.165) is 19.3 Å². The lowest BCUT2D eigenvalue weighted by molar-refractivity contribution is -0.147. The largest absolute Gasteiger partial charge is 0.453 e. The number of ether oxygens (including phenoxy) is 1. The first-order chi connectivity index (χ1) is 13.0. The molecule has 4 fully saturated rings.